The predicted molar refractivity (Wildman–Crippen MR) is 197 cm³/mol. The minimum atomic E-state index is -0.0981. The van der Waals surface area contributed by atoms with Crippen molar-refractivity contribution in [2.45, 2.75) is 31.6 Å². The van der Waals surface area contributed by atoms with Crippen molar-refractivity contribution < 1.29 is 4.42 Å². The maximum atomic E-state index is 6.61. The molecule has 7 aromatic rings. The summed E-state index contributed by atoms with van der Waals surface area (Å²) < 4.78 is 6.61. The van der Waals surface area contributed by atoms with Gasteiger partial charge in [-0.25, -0.2) is 0 Å². The third kappa shape index (κ3) is 4.47. The lowest BCUT2D eigenvalue weighted by molar-refractivity contribution is 0.660. The zero-order chi connectivity index (χ0) is 31.5. The van der Waals surface area contributed by atoms with E-state index in [1.54, 1.807) is 0 Å². The van der Waals surface area contributed by atoms with Gasteiger partial charge in [0.25, 0.3) is 0 Å². The van der Waals surface area contributed by atoms with E-state index in [-0.39, 0.29) is 5.41 Å². The molecule has 2 nitrogen and oxygen atoms in total. The molecule has 0 amide bonds. The Bertz CT molecular complexity index is 2350. The first-order chi connectivity index (χ1) is 23.1. The van der Waals surface area contributed by atoms with Gasteiger partial charge in [-0.2, -0.15) is 0 Å². The third-order valence-corrected chi connectivity index (χ3v) is 10.3. The number of allylic oxidation sites excluding steroid dienone is 4. The zero-order valence-corrected chi connectivity index (χ0v) is 26.7. The molecule has 0 N–H and O–H groups in total. The van der Waals surface area contributed by atoms with Crippen LogP contribution in [0.4, 0.5) is 17.1 Å². The average molecular weight is 606 g/mol. The van der Waals surface area contributed by atoms with Gasteiger partial charge in [-0.1, -0.05) is 135 Å². The molecule has 0 bridgehead atoms. The van der Waals surface area contributed by atoms with Crippen LogP contribution in [0.15, 0.2) is 162 Å². The summed E-state index contributed by atoms with van der Waals surface area (Å²) in [6.45, 7) is 4.69. The number of rotatable bonds is 5. The highest BCUT2D eigenvalue weighted by atomic mass is 16.3. The highest BCUT2D eigenvalue weighted by Gasteiger charge is 2.36. The van der Waals surface area contributed by atoms with Crippen molar-refractivity contribution in [1.82, 2.24) is 0 Å². The van der Waals surface area contributed by atoms with Crippen molar-refractivity contribution in [3.63, 3.8) is 0 Å². The molecule has 2 aliphatic carbocycles. The van der Waals surface area contributed by atoms with Gasteiger partial charge in [0.2, 0.25) is 0 Å². The van der Waals surface area contributed by atoms with Gasteiger partial charge < -0.3 is 9.32 Å². The summed E-state index contributed by atoms with van der Waals surface area (Å²) in [5.41, 5.74) is 14.3. The number of fused-ring (bicyclic) bond motifs is 6. The Labute approximate surface area is 275 Å². The predicted octanol–water partition coefficient (Wildman–Crippen LogP) is 12.5. The Morgan fingerprint density at radius 2 is 1.36 bits per heavy atom. The van der Waals surface area contributed by atoms with E-state index in [4.69, 9.17) is 4.42 Å². The van der Waals surface area contributed by atoms with Crippen molar-refractivity contribution in [3.8, 4) is 11.1 Å². The molecular weight excluding hydrogens is 571 g/mol. The summed E-state index contributed by atoms with van der Waals surface area (Å²) >= 11 is 0. The highest BCUT2D eigenvalue weighted by Crippen LogP contribution is 2.51. The van der Waals surface area contributed by atoms with Crippen molar-refractivity contribution >= 4 is 44.6 Å². The number of hydrogen-bond donors (Lipinski definition) is 0. The van der Waals surface area contributed by atoms with Crippen LogP contribution in [0, 0.1) is 0 Å². The molecule has 1 atom stereocenters. The molecule has 2 aliphatic rings. The van der Waals surface area contributed by atoms with Crippen molar-refractivity contribution in [2.75, 3.05) is 4.90 Å². The molecule has 226 valence electrons. The van der Waals surface area contributed by atoms with Crippen molar-refractivity contribution in [2.24, 2.45) is 0 Å². The Balaban J connectivity index is 1.17. The number of anilines is 3. The van der Waals surface area contributed by atoms with Crippen LogP contribution in [-0.4, -0.2) is 0 Å². The first kappa shape index (κ1) is 27.7. The standard InChI is InChI=1S/C45H35NO/c1-45(2)40-19-8-6-16-36(40)37-27-26-35(29-41(37)45)46(42-20-11-18-39-38-17-7-9-21-43(38)47-44(39)42)34-24-22-31(23-25-34)33-15-10-14-32(28-33)30-12-4-3-5-13-30/h3-27,29,32H,28H2,1-2H3. The second-order valence-corrected chi connectivity index (χ2v) is 13.3. The van der Waals surface area contributed by atoms with Gasteiger partial charge in [0.05, 0.1) is 5.69 Å². The van der Waals surface area contributed by atoms with Crippen LogP contribution >= 0.6 is 0 Å². The van der Waals surface area contributed by atoms with E-state index in [1.807, 2.05) is 6.07 Å². The van der Waals surface area contributed by atoms with Crippen molar-refractivity contribution in [1.29, 1.82) is 0 Å². The molecule has 1 heterocycles. The fraction of sp³-hybridized carbons (Fsp3) is 0.111. The van der Waals surface area contributed by atoms with Gasteiger partial charge in [-0.05, 0) is 81.8 Å². The maximum absolute atomic E-state index is 6.61. The Kier molecular flexibility index (Phi) is 6.33. The monoisotopic (exact) mass is 605 g/mol. The molecule has 0 saturated carbocycles. The molecule has 2 heteroatoms. The van der Waals surface area contributed by atoms with Crippen LogP contribution < -0.4 is 4.90 Å². The fourth-order valence-corrected chi connectivity index (χ4v) is 7.81. The Hall–Kier alpha value is -5.60. The summed E-state index contributed by atoms with van der Waals surface area (Å²) in [6, 6.07) is 50.5. The second-order valence-electron chi connectivity index (χ2n) is 13.3. The quantitative estimate of drug-likeness (QED) is 0.194. The highest BCUT2D eigenvalue weighted by molar-refractivity contribution is 6.10. The summed E-state index contributed by atoms with van der Waals surface area (Å²) in [6.07, 6.45) is 7.78. The summed E-state index contributed by atoms with van der Waals surface area (Å²) in [4.78, 5) is 2.37. The lowest BCUT2D eigenvalue weighted by Crippen LogP contribution is -2.16. The Morgan fingerprint density at radius 1 is 0.638 bits per heavy atom. The largest absolute Gasteiger partial charge is 0.454 e. The van der Waals surface area contributed by atoms with Crippen LogP contribution in [-0.2, 0) is 5.41 Å². The third-order valence-electron chi connectivity index (χ3n) is 10.3. The minimum absolute atomic E-state index is 0.0981. The van der Waals surface area contributed by atoms with Crippen LogP contribution in [0.3, 0.4) is 0 Å². The lowest BCUT2D eigenvalue weighted by atomic mass is 9.82. The molecule has 1 aromatic heterocycles. The summed E-state index contributed by atoms with van der Waals surface area (Å²) in [5, 5.41) is 2.26. The molecule has 9 rings (SSSR count). The molecule has 0 radical (unpaired) electrons. The summed E-state index contributed by atoms with van der Waals surface area (Å²) in [7, 11) is 0. The van der Waals surface area contributed by atoms with E-state index in [0.717, 1.165) is 45.4 Å². The normalized spacial score (nSPS) is 16.2. The number of hydrogen-bond acceptors (Lipinski definition) is 2. The van der Waals surface area contributed by atoms with Gasteiger partial charge in [0.15, 0.2) is 5.58 Å². The van der Waals surface area contributed by atoms with Gasteiger partial charge in [0.1, 0.15) is 5.58 Å². The summed E-state index contributed by atoms with van der Waals surface area (Å²) in [5.74, 6) is 0.386. The first-order valence-electron chi connectivity index (χ1n) is 16.5. The first-order valence-corrected chi connectivity index (χ1v) is 16.5. The van der Waals surface area contributed by atoms with E-state index in [1.165, 1.54) is 39.0 Å². The van der Waals surface area contributed by atoms with Gasteiger partial charge in [-0.15, -0.1) is 0 Å². The van der Waals surface area contributed by atoms with Crippen LogP contribution in [0.2, 0.25) is 0 Å². The number of nitrogens with zero attached hydrogens (tertiary/aromatic N) is 1. The van der Waals surface area contributed by atoms with Crippen molar-refractivity contribution in [3.05, 3.63) is 180 Å². The SMILES string of the molecule is CC1(C)c2ccccc2-c2ccc(N(c3ccc(C4=CC=CC(c5ccccc5)C4)cc3)c3cccc4c3oc3ccccc34)cc21. The van der Waals surface area contributed by atoms with E-state index in [2.05, 4.69) is 170 Å². The molecule has 0 fully saturated rings. The molecular formula is C45H35NO. The molecule has 6 aromatic carbocycles. The van der Waals surface area contributed by atoms with Crippen LogP contribution in [0.1, 0.15) is 48.4 Å². The molecule has 0 saturated heterocycles. The topological polar surface area (TPSA) is 16.4 Å². The molecule has 0 spiro atoms. The minimum Gasteiger partial charge on any atom is -0.454 e. The van der Waals surface area contributed by atoms with Gasteiger partial charge >= 0.3 is 0 Å². The smallest absolute Gasteiger partial charge is 0.159 e. The Morgan fingerprint density at radius 3 is 2.23 bits per heavy atom. The van der Waals surface area contributed by atoms with Gasteiger partial charge in [0, 0.05) is 33.5 Å². The molecule has 0 aliphatic heterocycles. The van der Waals surface area contributed by atoms with Crippen LogP contribution in [0.25, 0.3) is 38.6 Å². The van der Waals surface area contributed by atoms with E-state index >= 15 is 0 Å². The number of para-hydroxylation sites is 2. The van der Waals surface area contributed by atoms with E-state index in [0.29, 0.717) is 5.92 Å². The lowest BCUT2D eigenvalue weighted by Gasteiger charge is -2.28. The molecule has 47 heavy (non-hydrogen) atoms. The van der Waals surface area contributed by atoms with E-state index < -0.39 is 0 Å². The number of benzene rings is 6. The zero-order valence-electron chi connectivity index (χ0n) is 26.7. The second kappa shape index (κ2) is 10.7. The average Bonchev–Trinajstić information content (AvgIpc) is 3.62. The fourth-order valence-electron chi connectivity index (χ4n) is 7.81. The maximum Gasteiger partial charge on any atom is 0.159 e. The van der Waals surface area contributed by atoms with E-state index in [9.17, 15) is 0 Å². The number of furan rings is 1. The van der Waals surface area contributed by atoms with Crippen LogP contribution in [0.5, 0.6) is 0 Å². The molecule has 1 unspecified atom stereocenters. The van der Waals surface area contributed by atoms with Gasteiger partial charge in [-0.3, -0.25) is 0 Å².